The predicted octanol–water partition coefficient (Wildman–Crippen LogP) is 2.74. The van der Waals surface area contributed by atoms with Gasteiger partial charge in [0.05, 0.1) is 28.0 Å². The van der Waals surface area contributed by atoms with Crippen molar-refractivity contribution in [3.8, 4) is 5.69 Å². The standard InChI is InChI=1S/C15H11Cl2FN4O3S/c1-26(24,25)21-15(23)8-5-10(17)13(6-11(8)18)22-12-3-2-7(16)4-9(12)14(19)20-22/h2-6H,1H3,(H2,19,20)(H,21,23). The predicted molar refractivity (Wildman–Crippen MR) is 97.8 cm³/mol. The van der Waals surface area contributed by atoms with Gasteiger partial charge in [-0.15, -0.1) is 5.10 Å². The first kappa shape index (κ1) is 18.4. The number of rotatable bonds is 3. The van der Waals surface area contributed by atoms with E-state index in [-0.39, 0.29) is 16.5 Å². The molecule has 0 bridgehead atoms. The summed E-state index contributed by atoms with van der Waals surface area (Å²) in [6, 6.07) is 6.85. The van der Waals surface area contributed by atoms with Crippen LogP contribution in [-0.2, 0) is 10.0 Å². The number of carbonyl (C=O) groups excluding carboxylic acids is 1. The van der Waals surface area contributed by atoms with Crippen LogP contribution in [0.15, 0.2) is 30.3 Å². The van der Waals surface area contributed by atoms with E-state index < -0.39 is 27.3 Å². The molecule has 2 aromatic carbocycles. The van der Waals surface area contributed by atoms with Crippen molar-refractivity contribution in [3.63, 3.8) is 0 Å². The molecule has 1 aromatic heterocycles. The average molecular weight is 417 g/mol. The van der Waals surface area contributed by atoms with E-state index in [1.807, 2.05) is 0 Å². The maximum absolute atomic E-state index is 14.4. The number of sulfonamides is 1. The second kappa shape index (κ2) is 6.42. The summed E-state index contributed by atoms with van der Waals surface area (Å²) < 4.78 is 39.7. The van der Waals surface area contributed by atoms with Gasteiger partial charge in [0, 0.05) is 16.5 Å². The van der Waals surface area contributed by atoms with E-state index in [0.29, 0.717) is 15.9 Å². The zero-order valence-corrected chi connectivity index (χ0v) is 15.5. The number of nitrogen functional groups attached to an aromatic ring is 1. The molecule has 11 heteroatoms. The molecule has 0 aliphatic rings. The Labute approximate surface area is 157 Å². The van der Waals surface area contributed by atoms with Gasteiger partial charge in [0.1, 0.15) is 5.82 Å². The Bertz CT molecular complexity index is 1160. The zero-order valence-electron chi connectivity index (χ0n) is 13.1. The third-order valence-electron chi connectivity index (χ3n) is 3.46. The molecular formula is C15H11Cl2FN4O3S. The van der Waals surface area contributed by atoms with E-state index in [9.17, 15) is 17.6 Å². The van der Waals surface area contributed by atoms with Crippen molar-refractivity contribution in [1.82, 2.24) is 14.5 Å². The topological polar surface area (TPSA) is 107 Å². The van der Waals surface area contributed by atoms with Crippen LogP contribution in [0.4, 0.5) is 10.2 Å². The Balaban J connectivity index is 2.14. The highest BCUT2D eigenvalue weighted by molar-refractivity contribution is 7.89. The fraction of sp³-hybridized carbons (Fsp3) is 0.0667. The van der Waals surface area contributed by atoms with Crippen LogP contribution in [0.1, 0.15) is 10.4 Å². The number of nitrogens with zero attached hydrogens (tertiary/aromatic N) is 2. The molecule has 26 heavy (non-hydrogen) atoms. The minimum absolute atomic E-state index is 0.0237. The molecule has 0 saturated carbocycles. The van der Waals surface area contributed by atoms with Crippen LogP contribution in [0, 0.1) is 5.82 Å². The van der Waals surface area contributed by atoms with Gasteiger partial charge in [-0.25, -0.2) is 22.2 Å². The van der Waals surface area contributed by atoms with E-state index in [4.69, 9.17) is 28.9 Å². The number of fused-ring (bicyclic) bond motifs is 1. The van der Waals surface area contributed by atoms with E-state index in [1.54, 1.807) is 22.9 Å². The Morgan fingerprint density at radius 2 is 1.96 bits per heavy atom. The summed E-state index contributed by atoms with van der Waals surface area (Å²) in [6.45, 7) is 0. The Hall–Kier alpha value is -2.36. The van der Waals surface area contributed by atoms with Gasteiger partial charge >= 0.3 is 0 Å². The molecule has 3 rings (SSSR count). The van der Waals surface area contributed by atoms with Gasteiger partial charge < -0.3 is 5.73 Å². The number of aromatic nitrogens is 2. The van der Waals surface area contributed by atoms with Crippen molar-refractivity contribution >= 4 is 55.9 Å². The highest BCUT2D eigenvalue weighted by Gasteiger charge is 2.20. The van der Waals surface area contributed by atoms with Crippen molar-refractivity contribution in [3.05, 3.63) is 51.8 Å². The highest BCUT2D eigenvalue weighted by atomic mass is 35.5. The van der Waals surface area contributed by atoms with Gasteiger partial charge in [0.2, 0.25) is 10.0 Å². The van der Waals surface area contributed by atoms with Gasteiger partial charge in [-0.05, 0) is 24.3 Å². The molecule has 0 spiro atoms. The van der Waals surface area contributed by atoms with Crippen LogP contribution >= 0.6 is 23.2 Å². The Morgan fingerprint density at radius 3 is 2.62 bits per heavy atom. The molecule has 0 unspecified atom stereocenters. The maximum atomic E-state index is 14.4. The quantitative estimate of drug-likeness (QED) is 0.682. The molecule has 0 aliphatic heterocycles. The SMILES string of the molecule is CS(=O)(=O)NC(=O)c1cc(Cl)c(-n2nc(N)c3cc(Cl)ccc32)cc1F. The summed E-state index contributed by atoms with van der Waals surface area (Å²) in [5, 5.41) is 5.10. The van der Waals surface area contributed by atoms with Crippen molar-refractivity contribution in [2.45, 2.75) is 0 Å². The smallest absolute Gasteiger partial charge is 0.267 e. The average Bonchev–Trinajstić information content (AvgIpc) is 2.84. The first-order chi connectivity index (χ1) is 12.1. The fourth-order valence-corrected chi connectivity index (χ4v) is 3.26. The Morgan fingerprint density at radius 1 is 1.27 bits per heavy atom. The summed E-state index contributed by atoms with van der Waals surface area (Å²) >= 11 is 12.1. The number of nitrogens with one attached hydrogen (secondary N) is 1. The molecule has 0 aliphatic carbocycles. The van der Waals surface area contributed by atoms with Gasteiger partial charge in [0.25, 0.3) is 5.91 Å². The van der Waals surface area contributed by atoms with Gasteiger partial charge in [-0.1, -0.05) is 23.2 Å². The third kappa shape index (κ3) is 3.46. The van der Waals surface area contributed by atoms with Crippen LogP contribution < -0.4 is 10.5 Å². The minimum Gasteiger partial charge on any atom is -0.382 e. The molecule has 3 aromatic rings. The number of nitrogens with two attached hydrogens (primary N) is 1. The zero-order chi connectivity index (χ0) is 19.2. The van der Waals surface area contributed by atoms with Crippen LogP contribution in [0.3, 0.4) is 0 Å². The molecule has 0 fully saturated rings. The van der Waals surface area contributed by atoms with Crippen LogP contribution in [0.25, 0.3) is 16.6 Å². The first-order valence-corrected chi connectivity index (χ1v) is 9.67. The van der Waals surface area contributed by atoms with Crippen LogP contribution in [-0.4, -0.2) is 30.4 Å². The summed E-state index contributed by atoms with van der Waals surface area (Å²) in [5.74, 6) is -1.94. The molecule has 1 heterocycles. The normalized spacial score (nSPS) is 11.7. The maximum Gasteiger partial charge on any atom is 0.267 e. The summed E-state index contributed by atoms with van der Waals surface area (Å²) in [5.41, 5.74) is 6.00. The number of halogens is 3. The lowest BCUT2D eigenvalue weighted by Gasteiger charge is -2.10. The monoisotopic (exact) mass is 416 g/mol. The molecule has 0 radical (unpaired) electrons. The molecule has 7 nitrogen and oxygen atoms in total. The Kier molecular flexibility index (Phi) is 4.55. The fourth-order valence-electron chi connectivity index (χ4n) is 2.39. The summed E-state index contributed by atoms with van der Waals surface area (Å²) in [4.78, 5) is 11.9. The van der Waals surface area contributed by atoms with Crippen LogP contribution in [0.5, 0.6) is 0 Å². The molecular weight excluding hydrogens is 406 g/mol. The van der Waals surface area contributed by atoms with Gasteiger partial charge in [-0.3, -0.25) is 4.79 Å². The van der Waals surface area contributed by atoms with E-state index >= 15 is 0 Å². The summed E-state index contributed by atoms with van der Waals surface area (Å²) in [7, 11) is -3.85. The first-order valence-electron chi connectivity index (χ1n) is 7.02. The third-order valence-corrected chi connectivity index (χ3v) is 4.55. The number of amides is 1. The molecule has 0 atom stereocenters. The van der Waals surface area contributed by atoms with E-state index in [1.165, 1.54) is 4.68 Å². The van der Waals surface area contributed by atoms with E-state index in [0.717, 1.165) is 18.4 Å². The van der Waals surface area contributed by atoms with Crippen molar-refractivity contribution < 1.29 is 17.6 Å². The lowest BCUT2D eigenvalue weighted by Crippen LogP contribution is -2.30. The second-order valence-electron chi connectivity index (χ2n) is 5.45. The van der Waals surface area contributed by atoms with E-state index in [2.05, 4.69) is 5.10 Å². The molecule has 136 valence electrons. The number of anilines is 1. The van der Waals surface area contributed by atoms with Gasteiger partial charge in [-0.2, -0.15) is 0 Å². The number of hydrogen-bond acceptors (Lipinski definition) is 5. The molecule has 3 N–H and O–H groups in total. The van der Waals surface area contributed by atoms with Crippen molar-refractivity contribution in [1.29, 1.82) is 0 Å². The molecule has 1 amide bonds. The van der Waals surface area contributed by atoms with Gasteiger partial charge in [0.15, 0.2) is 5.82 Å². The highest BCUT2D eigenvalue weighted by Crippen LogP contribution is 2.31. The lowest BCUT2D eigenvalue weighted by molar-refractivity contribution is 0.0978. The molecule has 0 saturated heterocycles. The number of carbonyl (C=O) groups is 1. The summed E-state index contributed by atoms with van der Waals surface area (Å²) in [6.07, 6.45) is 0.780. The van der Waals surface area contributed by atoms with Crippen molar-refractivity contribution in [2.75, 3.05) is 12.0 Å². The minimum atomic E-state index is -3.85. The van der Waals surface area contributed by atoms with Crippen LogP contribution in [0.2, 0.25) is 10.0 Å². The second-order valence-corrected chi connectivity index (χ2v) is 8.04. The lowest BCUT2D eigenvalue weighted by atomic mass is 10.1. The number of benzene rings is 2. The van der Waals surface area contributed by atoms with Crippen molar-refractivity contribution in [2.24, 2.45) is 0 Å². The largest absolute Gasteiger partial charge is 0.382 e. The number of hydrogen-bond donors (Lipinski definition) is 2.